The molecule has 0 radical (unpaired) electrons. The molecule has 0 unspecified atom stereocenters. The van der Waals surface area contributed by atoms with Crippen LogP contribution in [0.15, 0.2) is 78.9 Å². The van der Waals surface area contributed by atoms with Crippen molar-refractivity contribution in [1.82, 2.24) is 14.4 Å². The first-order valence-corrected chi connectivity index (χ1v) is 14.0. The molecule has 1 aliphatic rings. The molecule has 3 aromatic carbocycles. The Morgan fingerprint density at radius 3 is 2.37 bits per heavy atom. The first-order valence-electron chi connectivity index (χ1n) is 14.0. The molecule has 0 bridgehead atoms. The van der Waals surface area contributed by atoms with E-state index in [9.17, 15) is 9.59 Å². The average Bonchev–Trinajstić information content (AvgIpc) is 3.28. The Morgan fingerprint density at radius 1 is 0.854 bits per heavy atom. The standard InChI is InChI=1S/C34H38N4O3/c1-24-11-6-8-13-28(24)29-17-15-25(21-32(29)41-5)33(39)38-23-27-16-18-31(34(40)36(4)20-10-19-35(2)3)37(27)22-26-12-7-9-14-30(26)38/h6-9,11-18,21H,10,19-20,22-23H2,1-5H3. The Balaban J connectivity index is 1.47. The van der Waals surface area contributed by atoms with E-state index >= 15 is 0 Å². The molecule has 7 heteroatoms. The van der Waals surface area contributed by atoms with Gasteiger partial charge in [-0.05, 0) is 87.1 Å². The number of amides is 2. The summed E-state index contributed by atoms with van der Waals surface area (Å²) in [5, 5.41) is 0. The van der Waals surface area contributed by atoms with Crippen LogP contribution in [0.25, 0.3) is 11.1 Å². The lowest BCUT2D eigenvalue weighted by molar-refractivity contribution is 0.0780. The Kier molecular flexibility index (Phi) is 8.26. The number of rotatable bonds is 8. The number of methoxy groups -OCH3 is 1. The first-order chi connectivity index (χ1) is 19.8. The van der Waals surface area contributed by atoms with E-state index in [-0.39, 0.29) is 11.8 Å². The van der Waals surface area contributed by atoms with Gasteiger partial charge in [0.1, 0.15) is 11.4 Å². The molecular weight excluding hydrogens is 512 g/mol. The lowest BCUT2D eigenvalue weighted by Gasteiger charge is -2.23. The van der Waals surface area contributed by atoms with Crippen LogP contribution in [0.4, 0.5) is 5.69 Å². The molecule has 1 aromatic heterocycles. The zero-order valence-corrected chi connectivity index (χ0v) is 24.6. The van der Waals surface area contributed by atoms with E-state index in [1.54, 1.807) is 12.0 Å². The van der Waals surface area contributed by atoms with Crippen LogP contribution < -0.4 is 9.64 Å². The molecule has 0 fully saturated rings. The Morgan fingerprint density at radius 2 is 1.61 bits per heavy atom. The lowest BCUT2D eigenvalue weighted by atomic mass is 9.98. The van der Waals surface area contributed by atoms with E-state index in [4.69, 9.17) is 4.74 Å². The fourth-order valence-electron chi connectivity index (χ4n) is 5.53. The van der Waals surface area contributed by atoms with Crippen molar-refractivity contribution >= 4 is 17.5 Å². The summed E-state index contributed by atoms with van der Waals surface area (Å²) in [6.45, 7) is 4.54. The SMILES string of the molecule is COc1cc(C(=O)N2Cc3ccc(C(=O)N(C)CCCN(C)C)n3Cc3ccccc32)ccc1-c1ccccc1C. The smallest absolute Gasteiger partial charge is 0.270 e. The molecule has 0 aliphatic carbocycles. The maximum atomic E-state index is 14.1. The number of aromatic nitrogens is 1. The second kappa shape index (κ2) is 12.0. The largest absolute Gasteiger partial charge is 0.496 e. The minimum Gasteiger partial charge on any atom is -0.496 e. The molecule has 2 heterocycles. The predicted molar refractivity (Wildman–Crippen MR) is 164 cm³/mol. The summed E-state index contributed by atoms with van der Waals surface area (Å²) >= 11 is 0. The number of fused-ring (bicyclic) bond motifs is 2. The molecular formula is C34H38N4O3. The average molecular weight is 551 g/mol. The van der Waals surface area contributed by atoms with E-state index in [0.29, 0.717) is 36.6 Å². The molecule has 0 spiro atoms. The number of benzene rings is 3. The van der Waals surface area contributed by atoms with Crippen LogP contribution in [0.5, 0.6) is 5.75 Å². The van der Waals surface area contributed by atoms with Crippen LogP contribution in [0, 0.1) is 6.92 Å². The number of nitrogens with zero attached hydrogens (tertiary/aromatic N) is 4. The number of hydrogen-bond donors (Lipinski definition) is 0. The molecule has 7 nitrogen and oxygen atoms in total. The van der Waals surface area contributed by atoms with Crippen molar-refractivity contribution < 1.29 is 14.3 Å². The minimum absolute atomic E-state index is 0.0104. The normalized spacial score (nSPS) is 12.5. The quantitative estimate of drug-likeness (QED) is 0.282. The third-order valence-electron chi connectivity index (χ3n) is 7.80. The van der Waals surface area contributed by atoms with Gasteiger partial charge >= 0.3 is 0 Å². The first kappa shape index (κ1) is 28.2. The second-order valence-electron chi connectivity index (χ2n) is 10.9. The number of anilines is 1. The highest BCUT2D eigenvalue weighted by molar-refractivity contribution is 6.07. The van der Waals surface area contributed by atoms with Crippen LogP contribution >= 0.6 is 0 Å². The van der Waals surface area contributed by atoms with Crippen LogP contribution in [-0.2, 0) is 13.1 Å². The van der Waals surface area contributed by atoms with Crippen molar-refractivity contribution in [3.05, 3.63) is 107 Å². The molecule has 2 amide bonds. The highest BCUT2D eigenvalue weighted by atomic mass is 16.5. The van der Waals surface area contributed by atoms with Crippen molar-refractivity contribution in [2.45, 2.75) is 26.4 Å². The maximum absolute atomic E-state index is 14.1. The highest BCUT2D eigenvalue weighted by Crippen LogP contribution is 2.35. The van der Waals surface area contributed by atoms with Crippen molar-refractivity contribution in [2.75, 3.05) is 46.2 Å². The Labute approximate surface area is 242 Å². The van der Waals surface area contributed by atoms with Crippen molar-refractivity contribution in [2.24, 2.45) is 0 Å². The molecule has 0 saturated heterocycles. The molecule has 0 N–H and O–H groups in total. The number of carbonyl (C=O) groups excluding carboxylic acids is 2. The highest BCUT2D eigenvalue weighted by Gasteiger charge is 2.28. The van der Waals surface area contributed by atoms with E-state index in [0.717, 1.165) is 46.6 Å². The summed E-state index contributed by atoms with van der Waals surface area (Å²) < 4.78 is 7.81. The van der Waals surface area contributed by atoms with Gasteiger partial charge in [0.2, 0.25) is 0 Å². The van der Waals surface area contributed by atoms with Crippen molar-refractivity contribution in [3.8, 4) is 16.9 Å². The van der Waals surface area contributed by atoms with Crippen LogP contribution in [-0.4, -0.2) is 67.5 Å². The van der Waals surface area contributed by atoms with Gasteiger partial charge in [-0.15, -0.1) is 0 Å². The minimum atomic E-state index is -0.115. The van der Waals surface area contributed by atoms with Crippen LogP contribution in [0.1, 0.15) is 44.1 Å². The van der Waals surface area contributed by atoms with Crippen LogP contribution in [0.2, 0.25) is 0 Å². The maximum Gasteiger partial charge on any atom is 0.270 e. The second-order valence-corrected chi connectivity index (χ2v) is 10.9. The third-order valence-corrected chi connectivity index (χ3v) is 7.80. The predicted octanol–water partition coefficient (Wildman–Crippen LogP) is 5.70. The Hall–Kier alpha value is -4.36. The summed E-state index contributed by atoms with van der Waals surface area (Å²) in [5.41, 5.74) is 7.11. The molecule has 5 rings (SSSR count). The summed E-state index contributed by atoms with van der Waals surface area (Å²) in [6, 6.07) is 25.6. The van der Waals surface area contributed by atoms with Gasteiger partial charge in [0, 0.05) is 36.1 Å². The van der Waals surface area contributed by atoms with E-state index < -0.39 is 0 Å². The van der Waals surface area contributed by atoms with Crippen molar-refractivity contribution in [1.29, 1.82) is 0 Å². The van der Waals surface area contributed by atoms with Gasteiger partial charge in [0.05, 0.1) is 20.2 Å². The number of ether oxygens (including phenoxy) is 1. The van der Waals surface area contributed by atoms with Gasteiger partial charge in [-0.1, -0.05) is 42.5 Å². The number of aryl methyl sites for hydroxylation is 1. The van der Waals surface area contributed by atoms with E-state index in [2.05, 4.69) is 28.5 Å². The van der Waals surface area contributed by atoms with Crippen molar-refractivity contribution in [3.63, 3.8) is 0 Å². The summed E-state index contributed by atoms with van der Waals surface area (Å²) in [7, 11) is 7.56. The van der Waals surface area contributed by atoms with Gasteiger partial charge in [0.25, 0.3) is 11.8 Å². The molecule has 212 valence electrons. The van der Waals surface area contributed by atoms with Crippen LogP contribution in [0.3, 0.4) is 0 Å². The van der Waals surface area contributed by atoms with Gasteiger partial charge in [-0.25, -0.2) is 0 Å². The summed E-state index contributed by atoms with van der Waals surface area (Å²) in [6.07, 6.45) is 0.903. The fraction of sp³-hybridized carbons (Fsp3) is 0.294. The van der Waals surface area contributed by atoms with Gasteiger partial charge < -0.3 is 24.0 Å². The lowest BCUT2D eigenvalue weighted by Crippen LogP contribution is -2.32. The van der Waals surface area contributed by atoms with Gasteiger partial charge in [-0.2, -0.15) is 0 Å². The third kappa shape index (κ3) is 5.77. The summed E-state index contributed by atoms with van der Waals surface area (Å²) in [5.74, 6) is 0.529. The number of carbonyl (C=O) groups is 2. The van der Waals surface area contributed by atoms with Gasteiger partial charge in [-0.3, -0.25) is 9.59 Å². The Bertz CT molecular complexity index is 1570. The number of para-hydroxylation sites is 1. The fourth-order valence-corrected chi connectivity index (χ4v) is 5.53. The van der Waals surface area contributed by atoms with E-state index in [1.807, 2.05) is 92.8 Å². The molecule has 4 aromatic rings. The number of hydrogen-bond acceptors (Lipinski definition) is 4. The molecule has 41 heavy (non-hydrogen) atoms. The molecule has 1 aliphatic heterocycles. The molecule has 0 saturated carbocycles. The van der Waals surface area contributed by atoms with E-state index in [1.165, 1.54) is 0 Å². The zero-order valence-electron chi connectivity index (χ0n) is 24.6. The molecule has 0 atom stereocenters. The zero-order chi connectivity index (χ0) is 29.1. The topological polar surface area (TPSA) is 58.0 Å². The van der Waals surface area contributed by atoms with Gasteiger partial charge in [0.15, 0.2) is 0 Å². The monoisotopic (exact) mass is 550 g/mol. The summed E-state index contributed by atoms with van der Waals surface area (Å²) in [4.78, 5) is 33.3.